The van der Waals surface area contributed by atoms with E-state index in [0.29, 0.717) is 22.5 Å². The number of fused-ring (bicyclic) bond motifs is 1. The maximum Gasteiger partial charge on any atom is 0.229 e. The van der Waals surface area contributed by atoms with Crippen molar-refractivity contribution in [3.8, 4) is 0 Å². The Morgan fingerprint density at radius 2 is 2.00 bits per heavy atom. The van der Waals surface area contributed by atoms with Crippen molar-refractivity contribution in [2.45, 2.75) is 6.54 Å². The molecule has 0 aliphatic carbocycles. The number of hydrogen-bond acceptors (Lipinski definition) is 7. The minimum atomic E-state index is -2.36. The van der Waals surface area contributed by atoms with E-state index in [1.165, 1.54) is 6.20 Å². The Hall–Kier alpha value is -3.05. The highest BCUT2D eigenvalue weighted by Crippen LogP contribution is 2.27. The van der Waals surface area contributed by atoms with Crippen LogP contribution in [-0.4, -0.2) is 28.5 Å². The molecule has 154 valence electrons. The SMILES string of the molecule is Cn1ncc2cc(Nc3ncc(Cl)c(Nc4ccccc4CNS(=O)[O-])n3)ccc21. The molecule has 0 aliphatic rings. The monoisotopic (exact) mass is 442 g/mol. The summed E-state index contributed by atoms with van der Waals surface area (Å²) in [5.41, 5.74) is 3.25. The van der Waals surface area contributed by atoms with Gasteiger partial charge in [-0.25, -0.2) is 9.71 Å². The van der Waals surface area contributed by atoms with Crippen molar-refractivity contribution in [2.24, 2.45) is 7.05 Å². The van der Waals surface area contributed by atoms with Crippen molar-refractivity contribution < 1.29 is 8.76 Å². The van der Waals surface area contributed by atoms with Gasteiger partial charge in [0.15, 0.2) is 5.82 Å². The predicted octanol–water partition coefficient (Wildman–Crippen LogP) is 3.39. The number of benzene rings is 2. The second-order valence-corrected chi connectivity index (χ2v) is 7.56. The number of hydrogen-bond donors (Lipinski definition) is 3. The molecular formula is C19H17ClN7O2S-. The zero-order valence-corrected chi connectivity index (χ0v) is 17.4. The Balaban J connectivity index is 1.57. The number of anilines is 4. The van der Waals surface area contributed by atoms with Crippen LogP contribution in [0.5, 0.6) is 0 Å². The third-order valence-electron chi connectivity index (χ3n) is 4.40. The highest BCUT2D eigenvalue weighted by molar-refractivity contribution is 7.77. The number of para-hydroxylation sites is 1. The van der Waals surface area contributed by atoms with Gasteiger partial charge in [0.25, 0.3) is 0 Å². The van der Waals surface area contributed by atoms with Gasteiger partial charge in [0.05, 0.1) is 17.9 Å². The van der Waals surface area contributed by atoms with E-state index >= 15 is 0 Å². The summed E-state index contributed by atoms with van der Waals surface area (Å²) in [4.78, 5) is 8.69. The summed E-state index contributed by atoms with van der Waals surface area (Å²) < 4.78 is 25.8. The lowest BCUT2D eigenvalue weighted by molar-refractivity contribution is 0.522. The van der Waals surface area contributed by atoms with Crippen LogP contribution >= 0.6 is 11.6 Å². The summed E-state index contributed by atoms with van der Waals surface area (Å²) in [6.07, 6.45) is 3.28. The first kappa shape index (κ1) is 20.2. The molecule has 0 saturated heterocycles. The van der Waals surface area contributed by atoms with Crippen molar-refractivity contribution in [3.05, 3.63) is 65.4 Å². The Morgan fingerprint density at radius 1 is 1.17 bits per heavy atom. The van der Waals surface area contributed by atoms with E-state index in [2.05, 4.69) is 30.4 Å². The fourth-order valence-corrected chi connectivity index (χ4v) is 3.36. The van der Waals surface area contributed by atoms with Crippen molar-refractivity contribution in [3.63, 3.8) is 0 Å². The molecule has 0 amide bonds. The van der Waals surface area contributed by atoms with Gasteiger partial charge in [0.2, 0.25) is 5.95 Å². The summed E-state index contributed by atoms with van der Waals surface area (Å²) in [5.74, 6) is 0.758. The molecule has 9 nitrogen and oxygen atoms in total. The average Bonchev–Trinajstić information content (AvgIpc) is 3.10. The topological polar surface area (TPSA) is 120 Å². The van der Waals surface area contributed by atoms with Gasteiger partial charge in [0, 0.05) is 41.6 Å². The molecule has 1 atom stereocenters. The molecule has 30 heavy (non-hydrogen) atoms. The van der Waals surface area contributed by atoms with Crippen LogP contribution in [0.15, 0.2) is 54.9 Å². The van der Waals surface area contributed by atoms with Gasteiger partial charge in [-0.05, 0) is 29.8 Å². The normalized spacial score (nSPS) is 12.1. The van der Waals surface area contributed by atoms with E-state index < -0.39 is 11.3 Å². The Kier molecular flexibility index (Phi) is 5.91. The highest BCUT2D eigenvalue weighted by Gasteiger charge is 2.10. The van der Waals surface area contributed by atoms with E-state index in [0.717, 1.165) is 22.2 Å². The fourth-order valence-electron chi connectivity index (χ4n) is 2.95. The summed E-state index contributed by atoms with van der Waals surface area (Å²) in [6.45, 7) is 0.137. The van der Waals surface area contributed by atoms with Crippen LogP contribution in [0.4, 0.5) is 23.1 Å². The van der Waals surface area contributed by atoms with E-state index in [1.54, 1.807) is 16.9 Å². The van der Waals surface area contributed by atoms with Gasteiger partial charge in [-0.1, -0.05) is 29.8 Å². The molecule has 0 bridgehead atoms. The van der Waals surface area contributed by atoms with Crippen molar-refractivity contribution in [1.29, 1.82) is 0 Å². The number of aryl methyl sites for hydroxylation is 1. The Labute approximate surface area is 179 Å². The van der Waals surface area contributed by atoms with Crippen LogP contribution in [0.3, 0.4) is 0 Å². The van der Waals surface area contributed by atoms with Gasteiger partial charge in [0.1, 0.15) is 5.02 Å². The molecular weight excluding hydrogens is 426 g/mol. The smallest absolute Gasteiger partial charge is 0.229 e. The Morgan fingerprint density at radius 3 is 2.83 bits per heavy atom. The van der Waals surface area contributed by atoms with E-state index in [9.17, 15) is 8.76 Å². The molecule has 4 rings (SSSR count). The lowest BCUT2D eigenvalue weighted by atomic mass is 10.2. The van der Waals surface area contributed by atoms with E-state index in [1.807, 2.05) is 43.4 Å². The molecule has 0 aliphatic heterocycles. The molecule has 0 spiro atoms. The zero-order valence-electron chi connectivity index (χ0n) is 15.8. The molecule has 2 aromatic heterocycles. The number of halogens is 1. The second kappa shape index (κ2) is 8.76. The first-order chi connectivity index (χ1) is 14.5. The van der Waals surface area contributed by atoms with Crippen LogP contribution < -0.4 is 15.4 Å². The second-order valence-electron chi connectivity index (χ2n) is 6.39. The molecule has 1 unspecified atom stereocenters. The van der Waals surface area contributed by atoms with Gasteiger partial charge < -0.3 is 15.2 Å². The third-order valence-corrected chi connectivity index (χ3v) is 5.05. The molecule has 4 aromatic rings. The molecule has 0 saturated carbocycles. The number of rotatable bonds is 7. The molecule has 3 N–H and O–H groups in total. The van der Waals surface area contributed by atoms with Gasteiger partial charge >= 0.3 is 0 Å². The van der Waals surface area contributed by atoms with E-state index in [4.69, 9.17) is 11.6 Å². The van der Waals surface area contributed by atoms with Crippen LogP contribution in [0, 0.1) is 0 Å². The maximum absolute atomic E-state index is 10.8. The van der Waals surface area contributed by atoms with Crippen LogP contribution in [0.1, 0.15) is 5.56 Å². The van der Waals surface area contributed by atoms with Crippen molar-refractivity contribution >= 4 is 56.9 Å². The van der Waals surface area contributed by atoms with Crippen LogP contribution in [0.25, 0.3) is 10.9 Å². The number of nitrogens with one attached hydrogen (secondary N) is 3. The van der Waals surface area contributed by atoms with E-state index in [-0.39, 0.29) is 6.54 Å². The summed E-state index contributed by atoms with van der Waals surface area (Å²) in [5, 5.41) is 11.9. The lowest BCUT2D eigenvalue weighted by Gasteiger charge is -2.14. The quantitative estimate of drug-likeness (QED) is 0.375. The molecule has 11 heteroatoms. The summed E-state index contributed by atoms with van der Waals surface area (Å²) in [6, 6.07) is 13.1. The van der Waals surface area contributed by atoms with Crippen LogP contribution in [-0.2, 0) is 24.9 Å². The third kappa shape index (κ3) is 4.57. The zero-order chi connectivity index (χ0) is 21.1. The highest BCUT2D eigenvalue weighted by atomic mass is 35.5. The number of nitrogens with zero attached hydrogens (tertiary/aromatic N) is 4. The predicted molar refractivity (Wildman–Crippen MR) is 117 cm³/mol. The lowest BCUT2D eigenvalue weighted by Crippen LogP contribution is -2.16. The Bertz CT molecular complexity index is 1230. The largest absolute Gasteiger partial charge is 0.760 e. The fraction of sp³-hybridized carbons (Fsp3) is 0.105. The molecule has 2 heterocycles. The first-order valence-corrected chi connectivity index (χ1v) is 10.3. The minimum Gasteiger partial charge on any atom is -0.760 e. The average molecular weight is 443 g/mol. The maximum atomic E-state index is 10.8. The van der Waals surface area contributed by atoms with Gasteiger partial charge in [-0.15, -0.1) is 0 Å². The number of aromatic nitrogens is 4. The molecule has 0 radical (unpaired) electrons. The molecule has 2 aromatic carbocycles. The van der Waals surface area contributed by atoms with Crippen molar-refractivity contribution in [2.75, 3.05) is 10.6 Å². The first-order valence-electron chi connectivity index (χ1n) is 8.88. The van der Waals surface area contributed by atoms with Gasteiger partial charge in [-0.3, -0.25) is 8.89 Å². The minimum absolute atomic E-state index is 0.137. The van der Waals surface area contributed by atoms with Crippen LogP contribution in [0.2, 0.25) is 5.02 Å². The summed E-state index contributed by atoms with van der Waals surface area (Å²) in [7, 11) is 1.89. The standard InChI is InChI=1S/C19H18ClN7O2S/c1-27-17-7-6-14(8-13(17)9-22-27)24-19-21-11-15(20)18(26-19)25-16-5-3-2-4-12(16)10-23-30(28)29/h2-9,11,23H,10H2,1H3,(H,28,29)(H2,21,24,25,26)/p-1. The van der Waals surface area contributed by atoms with Gasteiger partial charge in [-0.2, -0.15) is 10.1 Å². The molecule has 0 fully saturated rings. The van der Waals surface area contributed by atoms with Crippen molar-refractivity contribution in [1.82, 2.24) is 24.5 Å². The summed E-state index contributed by atoms with van der Waals surface area (Å²) >= 11 is 3.91.